The average molecular weight is 402 g/mol. The number of nitrogens with two attached hydrogens (primary N) is 1. The van der Waals surface area contributed by atoms with E-state index in [1.165, 1.54) is 0 Å². The molecular formula is C22H22N6O2. The molecule has 3 heterocycles. The van der Waals surface area contributed by atoms with Crippen LogP contribution in [-0.4, -0.2) is 32.4 Å². The molecule has 0 unspecified atom stereocenters. The van der Waals surface area contributed by atoms with Crippen molar-refractivity contribution >= 4 is 22.9 Å². The molecule has 0 aliphatic rings. The van der Waals surface area contributed by atoms with Gasteiger partial charge < -0.3 is 16.0 Å². The third-order valence-electron chi connectivity index (χ3n) is 4.93. The molecule has 1 aromatic carbocycles. The zero-order valence-corrected chi connectivity index (χ0v) is 16.3. The van der Waals surface area contributed by atoms with Gasteiger partial charge in [-0.3, -0.25) is 19.6 Å². The maximum Gasteiger partial charge on any atom is 0.262 e. The first-order chi connectivity index (χ1) is 14.6. The highest BCUT2D eigenvalue weighted by molar-refractivity contribution is 5.94. The van der Waals surface area contributed by atoms with Crippen LogP contribution in [0.1, 0.15) is 27.2 Å². The summed E-state index contributed by atoms with van der Waals surface area (Å²) in [6.07, 6.45) is 5.63. The van der Waals surface area contributed by atoms with Crippen molar-refractivity contribution in [3.05, 3.63) is 87.6 Å². The van der Waals surface area contributed by atoms with Crippen molar-refractivity contribution in [2.24, 2.45) is 0 Å². The molecule has 5 N–H and O–H groups in total. The first-order valence-electron chi connectivity index (χ1n) is 9.73. The van der Waals surface area contributed by atoms with E-state index in [1.54, 1.807) is 12.4 Å². The lowest BCUT2D eigenvalue weighted by atomic mass is 10.0. The molecule has 0 spiro atoms. The van der Waals surface area contributed by atoms with Gasteiger partial charge in [-0.1, -0.05) is 18.2 Å². The van der Waals surface area contributed by atoms with Gasteiger partial charge in [0.25, 0.3) is 11.5 Å². The minimum absolute atomic E-state index is 0.0924. The molecule has 4 rings (SSSR count). The van der Waals surface area contributed by atoms with Crippen LogP contribution in [0.4, 0.5) is 5.95 Å². The molecule has 1 amide bonds. The van der Waals surface area contributed by atoms with Crippen molar-refractivity contribution in [3.8, 4) is 0 Å². The Kier molecular flexibility index (Phi) is 5.56. The van der Waals surface area contributed by atoms with Gasteiger partial charge in [0.2, 0.25) is 5.95 Å². The minimum atomic E-state index is -0.244. The molecule has 3 aromatic heterocycles. The Hall–Kier alpha value is -3.94. The zero-order chi connectivity index (χ0) is 20.9. The quantitative estimate of drug-likeness (QED) is 0.376. The third kappa shape index (κ3) is 4.38. The summed E-state index contributed by atoms with van der Waals surface area (Å²) >= 11 is 0. The van der Waals surface area contributed by atoms with Crippen molar-refractivity contribution in [3.63, 3.8) is 0 Å². The molecule has 152 valence electrons. The van der Waals surface area contributed by atoms with Gasteiger partial charge >= 0.3 is 0 Å². The molecule has 0 saturated carbocycles. The number of fused-ring (bicyclic) bond motifs is 1. The summed E-state index contributed by atoms with van der Waals surface area (Å²) in [7, 11) is 0. The maximum atomic E-state index is 12.3. The number of H-pyrrole nitrogens is 2. The topological polar surface area (TPSA) is 130 Å². The zero-order valence-electron chi connectivity index (χ0n) is 16.3. The summed E-state index contributed by atoms with van der Waals surface area (Å²) in [4.78, 5) is 38.3. The van der Waals surface area contributed by atoms with E-state index in [9.17, 15) is 9.59 Å². The number of hydrogen-bond acceptors (Lipinski definition) is 5. The minimum Gasteiger partial charge on any atom is -0.369 e. The third-order valence-corrected chi connectivity index (χ3v) is 4.93. The lowest BCUT2D eigenvalue weighted by molar-refractivity contribution is 0.0954. The average Bonchev–Trinajstić information content (AvgIpc) is 3.16. The van der Waals surface area contributed by atoms with E-state index in [2.05, 4.69) is 25.3 Å². The second kappa shape index (κ2) is 8.60. The number of anilines is 1. The fourth-order valence-corrected chi connectivity index (χ4v) is 3.37. The summed E-state index contributed by atoms with van der Waals surface area (Å²) in [5.74, 6) is -0.0147. The molecule has 0 saturated heterocycles. The number of carbonyl (C=O) groups is 1. The molecule has 0 fully saturated rings. The fraction of sp³-hybridized carbons (Fsp3) is 0.182. The second-order valence-electron chi connectivity index (χ2n) is 7.01. The van der Waals surface area contributed by atoms with Crippen molar-refractivity contribution in [1.29, 1.82) is 0 Å². The Morgan fingerprint density at radius 2 is 1.90 bits per heavy atom. The largest absolute Gasteiger partial charge is 0.369 e. The number of amides is 1. The van der Waals surface area contributed by atoms with Gasteiger partial charge in [0, 0.05) is 36.6 Å². The van der Waals surface area contributed by atoms with Crippen LogP contribution in [0.3, 0.4) is 0 Å². The number of hydrogen-bond donors (Lipinski definition) is 4. The van der Waals surface area contributed by atoms with Crippen molar-refractivity contribution in [2.45, 2.75) is 19.3 Å². The number of aromatic amines is 2. The lowest BCUT2D eigenvalue weighted by Crippen LogP contribution is -2.25. The number of carbonyl (C=O) groups excluding carboxylic acids is 1. The Balaban J connectivity index is 1.34. The predicted molar refractivity (Wildman–Crippen MR) is 115 cm³/mol. The van der Waals surface area contributed by atoms with Crippen LogP contribution < -0.4 is 16.6 Å². The number of benzene rings is 1. The van der Waals surface area contributed by atoms with Crippen molar-refractivity contribution in [2.75, 3.05) is 12.3 Å². The first kappa shape index (κ1) is 19.4. The number of aromatic nitrogens is 4. The van der Waals surface area contributed by atoms with Gasteiger partial charge in [0.15, 0.2) is 0 Å². The van der Waals surface area contributed by atoms with Crippen molar-refractivity contribution in [1.82, 2.24) is 25.3 Å². The monoisotopic (exact) mass is 402 g/mol. The van der Waals surface area contributed by atoms with E-state index < -0.39 is 0 Å². The normalized spacial score (nSPS) is 10.9. The molecule has 0 bridgehead atoms. The molecule has 0 aliphatic heterocycles. The first-order valence-corrected chi connectivity index (χ1v) is 9.73. The van der Waals surface area contributed by atoms with Gasteiger partial charge in [-0.2, -0.15) is 4.98 Å². The highest BCUT2D eigenvalue weighted by atomic mass is 16.1. The Morgan fingerprint density at radius 3 is 2.67 bits per heavy atom. The van der Waals surface area contributed by atoms with E-state index >= 15 is 0 Å². The number of pyridine rings is 1. The van der Waals surface area contributed by atoms with Crippen LogP contribution in [0.5, 0.6) is 0 Å². The number of rotatable bonds is 7. The molecule has 4 aromatic rings. The van der Waals surface area contributed by atoms with Crippen LogP contribution in [0.2, 0.25) is 0 Å². The van der Waals surface area contributed by atoms with E-state index in [0.717, 1.165) is 23.2 Å². The summed E-state index contributed by atoms with van der Waals surface area (Å²) in [6, 6.07) is 13.2. The van der Waals surface area contributed by atoms with Crippen LogP contribution in [0, 0.1) is 0 Å². The SMILES string of the molecule is Nc1nc2[nH]cc(CCc3ccc(C(=O)NCCc4ccccn4)cc3)c2c(=O)[nH]1. The summed E-state index contributed by atoms with van der Waals surface area (Å²) in [6.45, 7) is 0.533. The molecule has 30 heavy (non-hydrogen) atoms. The van der Waals surface area contributed by atoms with Crippen LogP contribution >= 0.6 is 0 Å². The summed E-state index contributed by atoms with van der Waals surface area (Å²) < 4.78 is 0. The van der Waals surface area contributed by atoms with E-state index in [0.29, 0.717) is 36.0 Å². The van der Waals surface area contributed by atoms with Gasteiger partial charge in [-0.15, -0.1) is 0 Å². The van der Waals surface area contributed by atoms with E-state index in [4.69, 9.17) is 5.73 Å². The summed E-state index contributed by atoms with van der Waals surface area (Å²) in [5, 5.41) is 3.45. The van der Waals surface area contributed by atoms with E-state index in [1.807, 2.05) is 42.5 Å². The molecular weight excluding hydrogens is 380 g/mol. The van der Waals surface area contributed by atoms with Gasteiger partial charge in [0.05, 0.1) is 5.39 Å². The van der Waals surface area contributed by atoms with Gasteiger partial charge in [0.1, 0.15) is 5.65 Å². The smallest absolute Gasteiger partial charge is 0.262 e. The molecule has 0 radical (unpaired) electrons. The van der Waals surface area contributed by atoms with Crippen LogP contribution in [-0.2, 0) is 19.3 Å². The fourth-order valence-electron chi connectivity index (χ4n) is 3.37. The van der Waals surface area contributed by atoms with Crippen LogP contribution in [0.25, 0.3) is 11.0 Å². The Labute approximate surface area is 172 Å². The Bertz CT molecular complexity index is 1210. The maximum absolute atomic E-state index is 12.3. The molecule has 8 heteroatoms. The Morgan fingerprint density at radius 1 is 1.07 bits per heavy atom. The number of nitrogen functional groups attached to an aromatic ring is 1. The molecule has 8 nitrogen and oxygen atoms in total. The number of aryl methyl sites for hydroxylation is 2. The van der Waals surface area contributed by atoms with Crippen molar-refractivity contribution < 1.29 is 4.79 Å². The molecule has 0 atom stereocenters. The van der Waals surface area contributed by atoms with Gasteiger partial charge in [-0.05, 0) is 48.2 Å². The summed E-state index contributed by atoms with van der Waals surface area (Å²) in [5.41, 5.74) is 9.34. The second-order valence-corrected chi connectivity index (χ2v) is 7.01. The standard InChI is InChI=1S/C22H22N6O2/c23-22-27-19-18(21(30)28-22)16(13-26-19)9-6-14-4-7-15(8-5-14)20(29)25-12-10-17-3-1-2-11-24-17/h1-5,7-8,11,13H,6,9-10,12H2,(H,25,29)(H4,23,26,27,28,30). The molecule has 0 aliphatic carbocycles. The van der Waals surface area contributed by atoms with E-state index in [-0.39, 0.29) is 17.4 Å². The highest BCUT2D eigenvalue weighted by Crippen LogP contribution is 2.16. The predicted octanol–water partition coefficient (Wildman–Crippen LogP) is 1.99. The van der Waals surface area contributed by atoms with Crippen LogP contribution in [0.15, 0.2) is 59.7 Å². The lowest BCUT2D eigenvalue weighted by Gasteiger charge is -2.06. The highest BCUT2D eigenvalue weighted by Gasteiger charge is 2.11. The number of nitrogens with zero attached hydrogens (tertiary/aromatic N) is 2. The number of nitrogens with one attached hydrogen (secondary N) is 3. The van der Waals surface area contributed by atoms with Gasteiger partial charge in [-0.25, -0.2) is 0 Å².